The average molecular weight is 715 g/mol. The number of hydrogen-bond donors (Lipinski definition) is 0. The molecule has 262 valence electrons. The fourth-order valence-corrected chi connectivity index (χ4v) is 8.36. The van der Waals surface area contributed by atoms with Crippen LogP contribution in [0.15, 0.2) is 206 Å². The molecule has 0 aliphatic carbocycles. The Bertz CT molecular complexity index is 3190. The second kappa shape index (κ2) is 13.1. The number of nitrogens with zero attached hydrogens (tertiary/aromatic N) is 4. The third kappa shape index (κ3) is 5.23. The molecule has 0 fully saturated rings. The van der Waals surface area contributed by atoms with Crippen molar-refractivity contribution in [3.63, 3.8) is 0 Å². The van der Waals surface area contributed by atoms with Gasteiger partial charge in [-0.15, -0.1) is 0 Å². The standard InChI is InChI=1S/C52H34N4/c1-3-16-35(17-4-1)36-18-13-21-39(32-36)49-51-50(45-28-9-12-31-48(45)56(51)41-23-5-2-6-24-41)54-52(53-49)40-22-14-19-37(33-40)38-20-15-25-42(34-38)55-46-29-10-7-26-43(46)44-27-8-11-30-47(44)55/h1-34H. The van der Waals surface area contributed by atoms with E-state index in [1.807, 2.05) is 0 Å². The first kappa shape index (κ1) is 31.9. The Kier molecular flexibility index (Phi) is 7.46. The van der Waals surface area contributed by atoms with Crippen LogP contribution < -0.4 is 0 Å². The van der Waals surface area contributed by atoms with Crippen molar-refractivity contribution in [3.05, 3.63) is 206 Å². The predicted octanol–water partition coefficient (Wildman–Crippen LogP) is 13.3. The minimum absolute atomic E-state index is 0.689. The number of aromatic nitrogens is 4. The number of hydrogen-bond acceptors (Lipinski definition) is 2. The number of rotatable bonds is 6. The van der Waals surface area contributed by atoms with E-state index in [1.54, 1.807) is 0 Å². The van der Waals surface area contributed by atoms with E-state index < -0.39 is 0 Å². The Morgan fingerprint density at radius 1 is 0.304 bits per heavy atom. The zero-order chi connectivity index (χ0) is 37.0. The van der Waals surface area contributed by atoms with Gasteiger partial charge in [0.1, 0.15) is 5.52 Å². The highest BCUT2D eigenvalue weighted by molar-refractivity contribution is 6.12. The van der Waals surface area contributed by atoms with E-state index in [4.69, 9.17) is 9.97 Å². The van der Waals surface area contributed by atoms with Gasteiger partial charge in [0, 0.05) is 38.7 Å². The summed E-state index contributed by atoms with van der Waals surface area (Å²) in [6.07, 6.45) is 0. The number of fused-ring (bicyclic) bond motifs is 6. The lowest BCUT2D eigenvalue weighted by molar-refractivity contribution is 1.15. The fraction of sp³-hybridized carbons (Fsp3) is 0. The maximum Gasteiger partial charge on any atom is 0.160 e. The third-order valence-electron chi connectivity index (χ3n) is 10.9. The SMILES string of the molecule is c1ccc(-c2cccc(-c3nc(-c4cccc(-c5cccc(-n6c7ccccc7c7ccccc76)c5)c4)nc4c5ccccc5n(-c5ccccc5)c34)c2)cc1. The van der Waals surface area contributed by atoms with Gasteiger partial charge in [-0.25, -0.2) is 9.97 Å². The molecule has 0 saturated heterocycles. The molecule has 0 aliphatic heterocycles. The lowest BCUT2D eigenvalue weighted by Crippen LogP contribution is -2.00. The first-order valence-corrected chi connectivity index (χ1v) is 19.0. The quantitative estimate of drug-likeness (QED) is 0.172. The Balaban J connectivity index is 1.11. The summed E-state index contributed by atoms with van der Waals surface area (Å²) in [6.45, 7) is 0. The van der Waals surface area contributed by atoms with Crippen LogP contribution in [-0.4, -0.2) is 19.1 Å². The van der Waals surface area contributed by atoms with Crippen molar-refractivity contribution in [3.8, 4) is 56.3 Å². The Hall–Kier alpha value is -7.56. The van der Waals surface area contributed by atoms with Crippen molar-refractivity contribution in [2.24, 2.45) is 0 Å². The van der Waals surface area contributed by atoms with Crippen LogP contribution in [0.5, 0.6) is 0 Å². The molecule has 4 nitrogen and oxygen atoms in total. The molecule has 3 aromatic heterocycles. The maximum absolute atomic E-state index is 5.48. The van der Waals surface area contributed by atoms with Crippen LogP contribution in [0.1, 0.15) is 0 Å². The summed E-state index contributed by atoms with van der Waals surface area (Å²) in [7, 11) is 0. The lowest BCUT2D eigenvalue weighted by atomic mass is 10.00. The Labute approximate surface area is 324 Å². The van der Waals surface area contributed by atoms with E-state index in [9.17, 15) is 0 Å². The molecule has 0 unspecified atom stereocenters. The molecular weight excluding hydrogens is 681 g/mol. The summed E-state index contributed by atoms with van der Waals surface area (Å²) in [6, 6.07) is 73.1. The average Bonchev–Trinajstić information content (AvgIpc) is 3.80. The van der Waals surface area contributed by atoms with E-state index in [0.717, 1.165) is 66.8 Å². The molecule has 3 heterocycles. The fourth-order valence-electron chi connectivity index (χ4n) is 8.36. The minimum atomic E-state index is 0.689. The van der Waals surface area contributed by atoms with E-state index in [-0.39, 0.29) is 0 Å². The van der Waals surface area contributed by atoms with E-state index in [0.29, 0.717) is 5.82 Å². The van der Waals surface area contributed by atoms with E-state index >= 15 is 0 Å². The van der Waals surface area contributed by atoms with Crippen LogP contribution in [0.25, 0.3) is 100 Å². The van der Waals surface area contributed by atoms with Crippen LogP contribution in [0.3, 0.4) is 0 Å². The molecule has 0 spiro atoms. The topological polar surface area (TPSA) is 35.6 Å². The van der Waals surface area contributed by atoms with Crippen LogP contribution in [0.2, 0.25) is 0 Å². The zero-order valence-corrected chi connectivity index (χ0v) is 30.4. The minimum Gasteiger partial charge on any atom is -0.309 e. The third-order valence-corrected chi connectivity index (χ3v) is 10.9. The molecule has 0 radical (unpaired) electrons. The van der Waals surface area contributed by atoms with Gasteiger partial charge >= 0.3 is 0 Å². The molecule has 4 heteroatoms. The van der Waals surface area contributed by atoms with Gasteiger partial charge in [0.05, 0.1) is 27.8 Å². The van der Waals surface area contributed by atoms with Crippen molar-refractivity contribution in [2.75, 3.05) is 0 Å². The molecule has 11 rings (SSSR count). The maximum atomic E-state index is 5.48. The van der Waals surface area contributed by atoms with Crippen molar-refractivity contribution < 1.29 is 0 Å². The number of benzene rings is 8. The van der Waals surface area contributed by atoms with Gasteiger partial charge in [0.15, 0.2) is 5.82 Å². The lowest BCUT2D eigenvalue weighted by Gasteiger charge is -2.14. The molecule has 0 N–H and O–H groups in total. The van der Waals surface area contributed by atoms with Gasteiger partial charge in [0.25, 0.3) is 0 Å². The second-order valence-corrected chi connectivity index (χ2v) is 14.2. The molecule has 0 saturated carbocycles. The van der Waals surface area contributed by atoms with Gasteiger partial charge in [-0.2, -0.15) is 0 Å². The highest BCUT2D eigenvalue weighted by Crippen LogP contribution is 2.40. The summed E-state index contributed by atoms with van der Waals surface area (Å²) < 4.78 is 4.68. The summed E-state index contributed by atoms with van der Waals surface area (Å²) in [5.74, 6) is 0.689. The summed E-state index contributed by atoms with van der Waals surface area (Å²) in [5.41, 5.74) is 15.0. The first-order valence-electron chi connectivity index (χ1n) is 19.0. The molecule has 0 bridgehead atoms. The Morgan fingerprint density at radius 3 is 1.46 bits per heavy atom. The molecule has 0 amide bonds. The zero-order valence-electron chi connectivity index (χ0n) is 30.4. The largest absolute Gasteiger partial charge is 0.309 e. The molecular formula is C52H34N4. The molecule has 8 aromatic carbocycles. The van der Waals surface area contributed by atoms with Crippen molar-refractivity contribution in [1.29, 1.82) is 0 Å². The highest BCUT2D eigenvalue weighted by Gasteiger charge is 2.22. The van der Waals surface area contributed by atoms with E-state index in [1.165, 1.54) is 27.4 Å². The summed E-state index contributed by atoms with van der Waals surface area (Å²) in [4.78, 5) is 10.9. The van der Waals surface area contributed by atoms with Crippen molar-refractivity contribution in [1.82, 2.24) is 19.1 Å². The van der Waals surface area contributed by atoms with Gasteiger partial charge in [-0.3, -0.25) is 0 Å². The molecule has 0 aliphatic rings. The first-order chi connectivity index (χ1) is 27.8. The smallest absolute Gasteiger partial charge is 0.160 e. The van der Waals surface area contributed by atoms with Gasteiger partial charge < -0.3 is 9.13 Å². The van der Waals surface area contributed by atoms with Crippen LogP contribution in [0.4, 0.5) is 0 Å². The van der Waals surface area contributed by atoms with Gasteiger partial charge in [-0.05, 0) is 76.9 Å². The van der Waals surface area contributed by atoms with Crippen LogP contribution in [0, 0.1) is 0 Å². The van der Waals surface area contributed by atoms with Gasteiger partial charge in [-0.1, -0.05) is 152 Å². The predicted molar refractivity (Wildman–Crippen MR) is 232 cm³/mol. The van der Waals surface area contributed by atoms with Gasteiger partial charge in [0.2, 0.25) is 0 Å². The van der Waals surface area contributed by atoms with Crippen LogP contribution in [-0.2, 0) is 0 Å². The molecule has 0 atom stereocenters. The normalized spacial score (nSPS) is 11.6. The molecule has 56 heavy (non-hydrogen) atoms. The van der Waals surface area contributed by atoms with Crippen molar-refractivity contribution in [2.45, 2.75) is 0 Å². The number of para-hydroxylation sites is 4. The van der Waals surface area contributed by atoms with E-state index in [2.05, 4.69) is 215 Å². The monoisotopic (exact) mass is 714 g/mol. The second-order valence-electron chi connectivity index (χ2n) is 14.2. The Morgan fingerprint density at radius 2 is 0.768 bits per heavy atom. The summed E-state index contributed by atoms with van der Waals surface area (Å²) >= 11 is 0. The molecule has 11 aromatic rings. The summed E-state index contributed by atoms with van der Waals surface area (Å²) in [5, 5.41) is 3.59. The van der Waals surface area contributed by atoms with Crippen molar-refractivity contribution >= 4 is 43.7 Å². The van der Waals surface area contributed by atoms with Crippen LogP contribution >= 0.6 is 0 Å². The highest BCUT2D eigenvalue weighted by atomic mass is 15.0.